The van der Waals surface area contributed by atoms with Gasteiger partial charge >= 0.3 is 5.97 Å². The summed E-state index contributed by atoms with van der Waals surface area (Å²) in [6, 6.07) is 17.9. The molecule has 7 nitrogen and oxygen atoms in total. The highest BCUT2D eigenvalue weighted by atomic mass is 32.1. The average molecular weight is 563 g/mol. The number of carbonyl (C=O) groups is 1. The number of hydrogen-bond donors (Lipinski definition) is 1. The summed E-state index contributed by atoms with van der Waals surface area (Å²) in [5.41, 5.74) is 1.49. The van der Waals surface area contributed by atoms with Gasteiger partial charge in [-0.2, -0.15) is 0 Å². The van der Waals surface area contributed by atoms with E-state index in [-0.39, 0.29) is 11.5 Å². The van der Waals surface area contributed by atoms with Crippen molar-refractivity contribution in [1.82, 2.24) is 4.98 Å². The highest BCUT2D eigenvalue weighted by molar-refractivity contribution is 7.17. The van der Waals surface area contributed by atoms with Gasteiger partial charge < -0.3 is 19.4 Å². The van der Waals surface area contributed by atoms with Crippen molar-refractivity contribution >= 4 is 44.0 Å². The van der Waals surface area contributed by atoms with Gasteiger partial charge in [0.25, 0.3) is 0 Å². The molecule has 0 aliphatic carbocycles. The topological polar surface area (TPSA) is 71.6 Å². The molecule has 40 heavy (non-hydrogen) atoms. The Morgan fingerprint density at radius 3 is 2.67 bits per heavy atom. The summed E-state index contributed by atoms with van der Waals surface area (Å²) in [6.07, 6.45) is 2.62. The van der Waals surface area contributed by atoms with Gasteiger partial charge in [0.1, 0.15) is 5.75 Å². The van der Waals surface area contributed by atoms with E-state index in [1.807, 2.05) is 45.0 Å². The second-order valence-electron chi connectivity index (χ2n) is 11.5. The van der Waals surface area contributed by atoms with Gasteiger partial charge in [0, 0.05) is 27.9 Å². The van der Waals surface area contributed by atoms with Gasteiger partial charge in [-0.3, -0.25) is 14.1 Å². The monoisotopic (exact) mass is 562 g/mol. The third-order valence-corrected chi connectivity index (χ3v) is 9.28. The maximum absolute atomic E-state index is 12.8. The van der Waals surface area contributed by atoms with Crippen LogP contribution in [0.1, 0.15) is 40.0 Å². The molecule has 0 unspecified atom stereocenters. The SMILES string of the molecule is CCC(C)(C)C(=O)OC[N+]1(CCCCOc2ccc3ccc(=O)[nH]c3c2)CCN(c2cccc3sccc23)CC1. The first-order valence-corrected chi connectivity index (χ1v) is 15.2. The van der Waals surface area contributed by atoms with Gasteiger partial charge in [0.2, 0.25) is 12.3 Å². The van der Waals surface area contributed by atoms with Gasteiger partial charge in [-0.05, 0) is 80.3 Å². The predicted octanol–water partition coefficient (Wildman–Crippen LogP) is 6.18. The molecule has 0 spiro atoms. The lowest BCUT2D eigenvalue weighted by atomic mass is 9.91. The molecule has 1 aliphatic rings. The van der Waals surface area contributed by atoms with Crippen molar-refractivity contribution < 1.29 is 18.8 Å². The summed E-state index contributed by atoms with van der Waals surface area (Å²) < 4.78 is 14.1. The van der Waals surface area contributed by atoms with Crippen LogP contribution in [0.2, 0.25) is 0 Å². The number of nitrogens with one attached hydrogen (secondary N) is 1. The lowest BCUT2D eigenvalue weighted by Gasteiger charge is -2.45. The maximum atomic E-state index is 12.8. The molecule has 1 N–H and O–H groups in total. The van der Waals surface area contributed by atoms with Crippen molar-refractivity contribution in [3.63, 3.8) is 0 Å². The van der Waals surface area contributed by atoms with Gasteiger partial charge in [-0.25, -0.2) is 0 Å². The highest BCUT2D eigenvalue weighted by Gasteiger charge is 2.36. The molecular weight excluding hydrogens is 522 g/mol. The fourth-order valence-corrected chi connectivity index (χ4v) is 6.10. The molecule has 5 rings (SSSR count). The van der Waals surface area contributed by atoms with Crippen LogP contribution < -0.4 is 15.2 Å². The molecule has 1 fully saturated rings. The van der Waals surface area contributed by atoms with E-state index in [2.05, 4.69) is 39.5 Å². The van der Waals surface area contributed by atoms with E-state index >= 15 is 0 Å². The van der Waals surface area contributed by atoms with Crippen LogP contribution in [0.5, 0.6) is 5.75 Å². The number of quaternary nitrogens is 1. The van der Waals surface area contributed by atoms with Crippen LogP contribution in [0.15, 0.2) is 64.8 Å². The number of ether oxygens (including phenoxy) is 2. The molecule has 8 heteroatoms. The molecule has 0 amide bonds. The number of benzene rings is 2. The molecule has 0 radical (unpaired) electrons. The first kappa shape index (κ1) is 28.2. The van der Waals surface area contributed by atoms with E-state index < -0.39 is 5.41 Å². The van der Waals surface area contributed by atoms with Crippen LogP contribution in [-0.2, 0) is 9.53 Å². The number of hydrogen-bond acceptors (Lipinski definition) is 6. The fraction of sp³-hybridized carbons (Fsp3) is 0.438. The Hall–Kier alpha value is -3.36. The lowest BCUT2D eigenvalue weighted by molar-refractivity contribution is -0.944. The van der Waals surface area contributed by atoms with Crippen LogP contribution in [0.3, 0.4) is 0 Å². The Morgan fingerprint density at radius 2 is 1.88 bits per heavy atom. The number of rotatable bonds is 11. The summed E-state index contributed by atoms with van der Waals surface area (Å²) >= 11 is 1.78. The number of unbranched alkanes of at least 4 members (excludes halogenated alkanes) is 1. The molecule has 3 heterocycles. The van der Waals surface area contributed by atoms with E-state index in [1.165, 1.54) is 21.8 Å². The molecule has 0 atom stereocenters. The minimum absolute atomic E-state index is 0.115. The molecule has 212 valence electrons. The number of fused-ring (bicyclic) bond motifs is 2. The number of aromatic amines is 1. The molecule has 0 saturated carbocycles. The van der Waals surface area contributed by atoms with Crippen molar-refractivity contribution in [2.24, 2.45) is 5.41 Å². The van der Waals surface area contributed by atoms with Crippen LogP contribution >= 0.6 is 11.3 Å². The summed E-state index contributed by atoms with van der Waals surface area (Å²) in [5, 5.41) is 4.46. The molecule has 4 aromatic rings. The van der Waals surface area contributed by atoms with Gasteiger partial charge in [-0.15, -0.1) is 11.3 Å². The van der Waals surface area contributed by atoms with E-state index in [0.29, 0.717) is 13.3 Å². The number of esters is 1. The largest absolute Gasteiger partial charge is 0.494 e. The van der Waals surface area contributed by atoms with Gasteiger partial charge in [0.15, 0.2) is 0 Å². The summed E-state index contributed by atoms with van der Waals surface area (Å²) in [6.45, 7) is 11.6. The number of anilines is 1. The number of carbonyl (C=O) groups excluding carboxylic acids is 1. The first-order valence-electron chi connectivity index (χ1n) is 14.3. The number of aromatic nitrogens is 1. The van der Waals surface area contributed by atoms with Gasteiger partial charge in [0.05, 0.1) is 50.3 Å². The van der Waals surface area contributed by atoms with Crippen LogP contribution in [0.4, 0.5) is 5.69 Å². The lowest BCUT2D eigenvalue weighted by Crippen LogP contribution is -2.61. The standard InChI is InChI=1S/C32H39N3O4S/c1-4-32(2,3)31(37)39-23-35(18-15-34(16-19-35)28-8-7-9-29-26(28)14-21-40-29)17-5-6-20-38-25-12-10-24-11-13-30(36)33-27(24)22-25/h7-14,21-22H,4-6,15-20,23H2,1-3H3/p+1. The van der Waals surface area contributed by atoms with E-state index in [1.54, 1.807) is 11.3 Å². The zero-order valence-electron chi connectivity index (χ0n) is 23.8. The summed E-state index contributed by atoms with van der Waals surface area (Å²) in [5.74, 6) is 0.640. The molecule has 0 bridgehead atoms. The third kappa shape index (κ3) is 6.34. The first-order chi connectivity index (χ1) is 19.3. The second-order valence-corrected chi connectivity index (χ2v) is 12.5. The van der Waals surface area contributed by atoms with Crippen LogP contribution in [0.25, 0.3) is 21.0 Å². The molecule has 1 saturated heterocycles. The fourth-order valence-electron chi connectivity index (χ4n) is 5.29. The van der Waals surface area contributed by atoms with E-state index in [0.717, 1.165) is 73.1 Å². The minimum Gasteiger partial charge on any atom is -0.494 e. The predicted molar refractivity (Wildman–Crippen MR) is 163 cm³/mol. The number of pyridine rings is 1. The Balaban J connectivity index is 1.20. The van der Waals surface area contributed by atoms with Gasteiger partial charge in [-0.1, -0.05) is 13.0 Å². The second kappa shape index (κ2) is 12.0. The van der Waals surface area contributed by atoms with Crippen molar-refractivity contribution in [1.29, 1.82) is 0 Å². The van der Waals surface area contributed by atoms with Crippen LogP contribution in [0, 0.1) is 5.41 Å². The Morgan fingerprint density at radius 1 is 1.07 bits per heavy atom. The number of piperazine rings is 1. The third-order valence-electron chi connectivity index (χ3n) is 8.40. The van der Waals surface area contributed by atoms with Crippen molar-refractivity contribution in [2.75, 3.05) is 51.0 Å². The summed E-state index contributed by atoms with van der Waals surface area (Å²) in [4.78, 5) is 29.8. The average Bonchev–Trinajstić information content (AvgIpc) is 3.45. The normalized spacial score (nSPS) is 15.4. The molecule has 2 aromatic carbocycles. The Bertz CT molecular complexity index is 1520. The molecular formula is C32H40N3O4S+. The quantitative estimate of drug-likeness (QED) is 0.134. The zero-order chi connectivity index (χ0) is 28.2. The van der Waals surface area contributed by atoms with Crippen molar-refractivity contribution in [3.8, 4) is 5.75 Å². The zero-order valence-corrected chi connectivity index (χ0v) is 24.6. The minimum atomic E-state index is -0.474. The highest BCUT2D eigenvalue weighted by Crippen LogP contribution is 2.32. The number of H-pyrrole nitrogens is 1. The number of thiophene rings is 1. The Kier molecular flexibility index (Phi) is 8.47. The number of nitrogens with zero attached hydrogens (tertiary/aromatic N) is 2. The maximum Gasteiger partial charge on any atom is 0.315 e. The smallest absolute Gasteiger partial charge is 0.315 e. The van der Waals surface area contributed by atoms with Crippen molar-refractivity contribution in [3.05, 3.63) is 70.3 Å². The summed E-state index contributed by atoms with van der Waals surface area (Å²) in [7, 11) is 0. The van der Waals surface area contributed by atoms with E-state index in [4.69, 9.17) is 9.47 Å². The molecule has 2 aromatic heterocycles. The van der Waals surface area contributed by atoms with Crippen LogP contribution in [-0.4, -0.2) is 61.5 Å². The van der Waals surface area contributed by atoms with Crippen molar-refractivity contribution in [2.45, 2.75) is 40.0 Å². The van der Waals surface area contributed by atoms with E-state index in [9.17, 15) is 9.59 Å². The molecule has 1 aliphatic heterocycles. The Labute approximate surface area is 239 Å².